The highest BCUT2D eigenvalue weighted by molar-refractivity contribution is 4.97. The van der Waals surface area contributed by atoms with Crippen molar-refractivity contribution in [3.05, 3.63) is 36.4 Å². The van der Waals surface area contributed by atoms with Gasteiger partial charge in [-0.05, 0) is 6.07 Å². The van der Waals surface area contributed by atoms with Crippen LogP contribution in [0.4, 0.5) is 0 Å². The van der Waals surface area contributed by atoms with Crippen LogP contribution >= 0.6 is 0 Å². The minimum atomic E-state index is 0.681. The number of nitrogens with one attached hydrogen (secondary N) is 1. The van der Waals surface area contributed by atoms with Crippen molar-refractivity contribution in [2.24, 2.45) is 7.05 Å². The van der Waals surface area contributed by atoms with E-state index >= 15 is 0 Å². The van der Waals surface area contributed by atoms with Crippen LogP contribution in [0.3, 0.4) is 0 Å². The number of rotatable bonds is 4. The van der Waals surface area contributed by atoms with Crippen LogP contribution in [0.25, 0.3) is 0 Å². The van der Waals surface area contributed by atoms with Gasteiger partial charge in [-0.3, -0.25) is 0 Å². The summed E-state index contributed by atoms with van der Waals surface area (Å²) in [6.07, 6.45) is 4.95. The molecule has 0 aliphatic rings. The Balaban J connectivity index is 1.83. The van der Waals surface area contributed by atoms with Gasteiger partial charge in [0.2, 0.25) is 0 Å². The maximum Gasteiger partial charge on any atom is 0.146 e. The standard InChI is InChI=1S/C9H12N6/c1-15-7-13-14-9(15)5-11-4-8-2-3-10-6-12-8/h2-3,6-7,11H,4-5H2,1H3. The van der Waals surface area contributed by atoms with Crippen molar-refractivity contribution in [3.63, 3.8) is 0 Å². The highest BCUT2D eigenvalue weighted by Crippen LogP contribution is 1.93. The van der Waals surface area contributed by atoms with Crippen molar-refractivity contribution in [1.82, 2.24) is 30.0 Å². The minimum absolute atomic E-state index is 0.681. The summed E-state index contributed by atoms with van der Waals surface area (Å²) < 4.78 is 1.88. The van der Waals surface area contributed by atoms with Crippen LogP contribution in [-0.2, 0) is 20.1 Å². The van der Waals surface area contributed by atoms with Gasteiger partial charge < -0.3 is 9.88 Å². The molecule has 0 atom stereocenters. The van der Waals surface area contributed by atoms with Crippen molar-refractivity contribution >= 4 is 0 Å². The van der Waals surface area contributed by atoms with E-state index in [2.05, 4.69) is 25.5 Å². The largest absolute Gasteiger partial charge is 0.320 e. The lowest BCUT2D eigenvalue weighted by Gasteiger charge is -2.02. The Morgan fingerprint density at radius 2 is 2.33 bits per heavy atom. The number of hydrogen-bond donors (Lipinski definition) is 1. The summed E-state index contributed by atoms with van der Waals surface area (Å²) in [5.74, 6) is 0.907. The molecular formula is C9H12N6. The summed E-state index contributed by atoms with van der Waals surface area (Å²) in [4.78, 5) is 7.96. The van der Waals surface area contributed by atoms with E-state index in [1.54, 1.807) is 18.9 Å². The Kier molecular flexibility index (Phi) is 2.99. The lowest BCUT2D eigenvalue weighted by atomic mass is 10.4. The van der Waals surface area contributed by atoms with Crippen LogP contribution in [0.1, 0.15) is 11.5 Å². The van der Waals surface area contributed by atoms with Crippen molar-refractivity contribution in [3.8, 4) is 0 Å². The molecule has 0 saturated carbocycles. The molecule has 0 spiro atoms. The highest BCUT2D eigenvalue weighted by Gasteiger charge is 1.99. The number of aromatic nitrogens is 5. The monoisotopic (exact) mass is 204 g/mol. The average molecular weight is 204 g/mol. The van der Waals surface area contributed by atoms with Crippen LogP contribution in [0, 0.1) is 0 Å². The number of aryl methyl sites for hydroxylation is 1. The lowest BCUT2D eigenvalue weighted by molar-refractivity contribution is 0.628. The van der Waals surface area contributed by atoms with E-state index in [1.165, 1.54) is 0 Å². The van der Waals surface area contributed by atoms with Crippen molar-refractivity contribution in [2.45, 2.75) is 13.1 Å². The molecule has 2 aromatic heterocycles. The summed E-state index contributed by atoms with van der Waals surface area (Å²) in [5, 5.41) is 11.0. The molecule has 6 nitrogen and oxygen atoms in total. The average Bonchev–Trinajstić information content (AvgIpc) is 2.66. The summed E-state index contributed by atoms with van der Waals surface area (Å²) in [6.45, 7) is 1.38. The molecule has 1 N–H and O–H groups in total. The van der Waals surface area contributed by atoms with Crippen molar-refractivity contribution < 1.29 is 0 Å². The Morgan fingerprint density at radius 1 is 1.40 bits per heavy atom. The van der Waals surface area contributed by atoms with E-state index in [0.29, 0.717) is 13.1 Å². The fourth-order valence-corrected chi connectivity index (χ4v) is 1.19. The number of nitrogens with zero attached hydrogens (tertiary/aromatic N) is 5. The molecular weight excluding hydrogens is 192 g/mol. The fourth-order valence-electron chi connectivity index (χ4n) is 1.19. The van der Waals surface area contributed by atoms with Crippen molar-refractivity contribution in [1.29, 1.82) is 0 Å². The van der Waals surface area contributed by atoms with Gasteiger partial charge in [-0.1, -0.05) is 0 Å². The van der Waals surface area contributed by atoms with Gasteiger partial charge in [-0.25, -0.2) is 9.97 Å². The Labute approximate surface area is 87.4 Å². The van der Waals surface area contributed by atoms with E-state index in [4.69, 9.17) is 0 Å². The van der Waals surface area contributed by atoms with Gasteiger partial charge in [0.15, 0.2) is 0 Å². The SMILES string of the molecule is Cn1cnnc1CNCc1ccncn1. The Bertz CT molecular complexity index is 410. The number of hydrogen-bond acceptors (Lipinski definition) is 5. The van der Waals surface area contributed by atoms with Crippen LogP contribution in [0.5, 0.6) is 0 Å². The van der Waals surface area contributed by atoms with Crippen LogP contribution in [0.2, 0.25) is 0 Å². The van der Waals surface area contributed by atoms with Gasteiger partial charge in [0.25, 0.3) is 0 Å². The van der Waals surface area contributed by atoms with Crippen LogP contribution in [-0.4, -0.2) is 24.7 Å². The normalized spacial score (nSPS) is 10.5. The Hall–Kier alpha value is -1.82. The second-order valence-corrected chi connectivity index (χ2v) is 3.16. The molecule has 0 unspecified atom stereocenters. The predicted octanol–water partition coefficient (Wildman–Crippen LogP) is -0.105. The smallest absolute Gasteiger partial charge is 0.146 e. The van der Waals surface area contributed by atoms with Crippen molar-refractivity contribution in [2.75, 3.05) is 0 Å². The molecule has 2 heterocycles. The minimum Gasteiger partial charge on any atom is -0.320 e. The van der Waals surface area contributed by atoms with Gasteiger partial charge in [0.1, 0.15) is 18.5 Å². The van der Waals surface area contributed by atoms with Gasteiger partial charge in [0.05, 0.1) is 12.2 Å². The molecule has 15 heavy (non-hydrogen) atoms. The molecule has 0 aromatic carbocycles. The van der Waals surface area contributed by atoms with E-state index < -0.39 is 0 Å². The van der Waals surface area contributed by atoms with Gasteiger partial charge in [-0.2, -0.15) is 0 Å². The molecule has 2 rings (SSSR count). The predicted molar refractivity (Wildman–Crippen MR) is 53.6 cm³/mol. The van der Waals surface area contributed by atoms with E-state index in [0.717, 1.165) is 11.5 Å². The summed E-state index contributed by atoms with van der Waals surface area (Å²) >= 11 is 0. The first kappa shape index (κ1) is 9.72. The molecule has 0 amide bonds. The molecule has 0 fully saturated rings. The lowest BCUT2D eigenvalue weighted by Crippen LogP contribution is -2.16. The molecule has 0 radical (unpaired) electrons. The zero-order valence-corrected chi connectivity index (χ0v) is 8.46. The summed E-state index contributed by atoms with van der Waals surface area (Å²) in [5.41, 5.74) is 0.965. The van der Waals surface area contributed by atoms with E-state index in [9.17, 15) is 0 Å². The first-order chi connectivity index (χ1) is 7.36. The molecule has 0 saturated heterocycles. The topological polar surface area (TPSA) is 68.5 Å². The second kappa shape index (κ2) is 4.61. The third-order valence-electron chi connectivity index (χ3n) is 2.04. The second-order valence-electron chi connectivity index (χ2n) is 3.16. The third kappa shape index (κ3) is 2.57. The van der Waals surface area contributed by atoms with E-state index in [1.807, 2.05) is 17.7 Å². The maximum absolute atomic E-state index is 4.10. The van der Waals surface area contributed by atoms with Gasteiger partial charge in [0, 0.05) is 19.8 Å². The fraction of sp³-hybridized carbons (Fsp3) is 0.333. The zero-order chi connectivity index (χ0) is 10.5. The molecule has 0 bridgehead atoms. The van der Waals surface area contributed by atoms with Crippen LogP contribution in [0.15, 0.2) is 24.9 Å². The summed E-state index contributed by atoms with van der Waals surface area (Å²) in [6, 6.07) is 1.88. The van der Waals surface area contributed by atoms with Gasteiger partial charge in [-0.15, -0.1) is 10.2 Å². The molecule has 2 aromatic rings. The van der Waals surface area contributed by atoms with E-state index in [-0.39, 0.29) is 0 Å². The molecule has 78 valence electrons. The molecule has 0 aliphatic carbocycles. The highest BCUT2D eigenvalue weighted by atomic mass is 15.3. The van der Waals surface area contributed by atoms with Crippen LogP contribution < -0.4 is 5.32 Å². The first-order valence-electron chi connectivity index (χ1n) is 4.65. The Morgan fingerprint density at radius 3 is 3.00 bits per heavy atom. The first-order valence-corrected chi connectivity index (χ1v) is 4.65. The molecule has 6 heteroatoms. The quantitative estimate of drug-likeness (QED) is 0.753. The van der Waals surface area contributed by atoms with Gasteiger partial charge >= 0.3 is 0 Å². The third-order valence-corrected chi connectivity index (χ3v) is 2.04. The maximum atomic E-state index is 4.10. The summed E-state index contributed by atoms with van der Waals surface area (Å²) in [7, 11) is 1.92. The zero-order valence-electron chi connectivity index (χ0n) is 8.46. The molecule has 0 aliphatic heterocycles.